The highest BCUT2D eigenvalue weighted by atomic mass is 19.2. The highest BCUT2D eigenvalue weighted by Gasteiger charge is 2.31. The zero-order valence-electron chi connectivity index (χ0n) is 19.9. The van der Waals surface area contributed by atoms with Gasteiger partial charge >= 0.3 is 0 Å². The molecule has 0 spiro atoms. The van der Waals surface area contributed by atoms with Crippen LogP contribution in [-0.2, 0) is 0 Å². The molecule has 0 radical (unpaired) electrons. The fraction of sp³-hybridized carbons (Fsp3) is 0.517. The van der Waals surface area contributed by atoms with Gasteiger partial charge in [0.15, 0.2) is 23.2 Å². The summed E-state index contributed by atoms with van der Waals surface area (Å²) < 4.78 is 64.6. The van der Waals surface area contributed by atoms with E-state index < -0.39 is 23.3 Å². The molecule has 2 aliphatic carbocycles. The van der Waals surface area contributed by atoms with Crippen molar-refractivity contribution in [2.24, 2.45) is 5.92 Å². The number of hydrogen-bond donors (Lipinski definition) is 0. The van der Waals surface area contributed by atoms with Crippen molar-refractivity contribution in [2.45, 2.75) is 82.5 Å². The number of ether oxygens (including phenoxy) is 1. The molecule has 2 aromatic carbocycles. The second-order valence-electron chi connectivity index (χ2n) is 10.1. The predicted molar refractivity (Wildman–Crippen MR) is 127 cm³/mol. The van der Waals surface area contributed by atoms with Crippen LogP contribution >= 0.6 is 0 Å². The van der Waals surface area contributed by atoms with Crippen LogP contribution in [0.4, 0.5) is 17.6 Å². The van der Waals surface area contributed by atoms with E-state index in [1.807, 2.05) is 0 Å². The molecule has 5 heteroatoms. The van der Waals surface area contributed by atoms with Crippen LogP contribution in [-0.4, -0.2) is 6.61 Å². The van der Waals surface area contributed by atoms with E-state index in [0.717, 1.165) is 25.7 Å². The van der Waals surface area contributed by atoms with Gasteiger partial charge in [0.2, 0.25) is 5.82 Å². The number of benzene rings is 2. The minimum atomic E-state index is -0.968. The van der Waals surface area contributed by atoms with Crippen LogP contribution < -0.4 is 4.74 Å². The highest BCUT2D eigenvalue weighted by Crippen LogP contribution is 2.44. The van der Waals surface area contributed by atoms with Gasteiger partial charge in [-0.3, -0.25) is 0 Å². The Bertz CT molecular complexity index is 1000. The zero-order chi connectivity index (χ0) is 24.2. The molecule has 0 amide bonds. The number of rotatable bonds is 7. The Morgan fingerprint density at radius 2 is 1.12 bits per heavy atom. The van der Waals surface area contributed by atoms with Gasteiger partial charge in [-0.2, -0.15) is 4.39 Å². The van der Waals surface area contributed by atoms with Crippen molar-refractivity contribution < 1.29 is 22.3 Å². The minimum absolute atomic E-state index is 0.0945. The van der Waals surface area contributed by atoms with Crippen molar-refractivity contribution in [3.05, 3.63) is 76.9 Å². The van der Waals surface area contributed by atoms with Crippen LogP contribution in [0.2, 0.25) is 0 Å². The zero-order valence-corrected chi connectivity index (χ0v) is 19.9. The second kappa shape index (κ2) is 11.0. The van der Waals surface area contributed by atoms with Gasteiger partial charge < -0.3 is 4.74 Å². The first-order chi connectivity index (χ1) is 16.4. The lowest BCUT2D eigenvalue weighted by molar-refractivity contribution is 0.298. The van der Waals surface area contributed by atoms with Gasteiger partial charge in [0.1, 0.15) is 0 Å². The van der Waals surface area contributed by atoms with Crippen LogP contribution in [0, 0.1) is 29.2 Å². The molecule has 0 atom stereocenters. The maximum Gasteiger partial charge on any atom is 0.200 e. The Labute approximate surface area is 200 Å². The molecule has 0 aromatic heterocycles. The summed E-state index contributed by atoms with van der Waals surface area (Å²) in [5.41, 5.74) is 1.26. The summed E-state index contributed by atoms with van der Waals surface area (Å²) in [4.78, 5) is 0. The summed E-state index contributed by atoms with van der Waals surface area (Å²) in [5, 5.41) is 0. The van der Waals surface area contributed by atoms with E-state index in [1.165, 1.54) is 6.07 Å². The second-order valence-corrected chi connectivity index (χ2v) is 10.1. The summed E-state index contributed by atoms with van der Waals surface area (Å²) in [7, 11) is 0. The average Bonchev–Trinajstić information content (AvgIpc) is 2.85. The van der Waals surface area contributed by atoms with Crippen molar-refractivity contribution in [1.29, 1.82) is 0 Å². The van der Waals surface area contributed by atoms with E-state index in [-0.39, 0.29) is 30.1 Å². The lowest BCUT2D eigenvalue weighted by Gasteiger charge is -2.31. The largest absolute Gasteiger partial charge is 0.490 e. The monoisotopic (exact) mass is 474 g/mol. The van der Waals surface area contributed by atoms with E-state index in [4.69, 9.17) is 4.74 Å². The average molecular weight is 475 g/mol. The van der Waals surface area contributed by atoms with Crippen LogP contribution in [0.5, 0.6) is 5.75 Å². The molecule has 0 N–H and O–H groups in total. The molecule has 0 heterocycles. The van der Waals surface area contributed by atoms with E-state index in [0.29, 0.717) is 54.7 Å². The van der Waals surface area contributed by atoms with E-state index in [2.05, 4.69) is 13.5 Å². The summed E-state index contributed by atoms with van der Waals surface area (Å²) in [5.74, 6) is -2.87. The third kappa shape index (κ3) is 5.18. The van der Waals surface area contributed by atoms with Gasteiger partial charge in [-0.1, -0.05) is 44.0 Å². The predicted octanol–water partition coefficient (Wildman–Crippen LogP) is 8.93. The van der Waals surface area contributed by atoms with Gasteiger partial charge in [-0.05, 0) is 91.4 Å². The summed E-state index contributed by atoms with van der Waals surface area (Å²) in [6.45, 7) is 6.03. The molecule has 2 saturated carbocycles. The molecule has 0 saturated heterocycles. The molecule has 2 aromatic rings. The Hall–Kier alpha value is -2.30. The lowest BCUT2D eigenvalue weighted by atomic mass is 9.75. The Morgan fingerprint density at radius 1 is 0.706 bits per heavy atom. The van der Waals surface area contributed by atoms with Crippen molar-refractivity contribution in [3.8, 4) is 5.75 Å². The molecular formula is C29H34F4O. The molecule has 184 valence electrons. The Kier molecular flexibility index (Phi) is 8.00. The standard InChI is InChI=1S/C29H34F4O/c1-3-4-17-34-25-16-15-24(28(32)29(25)33)21-11-9-20(10-12-21)23-14-13-22(26(30)27(23)31)19-7-5-18(2)6-8-19/h3,13-16,18-21H,1,4-12,17H2,2H3. The van der Waals surface area contributed by atoms with Gasteiger partial charge in [-0.15, -0.1) is 6.58 Å². The van der Waals surface area contributed by atoms with Crippen LogP contribution in [0.25, 0.3) is 0 Å². The minimum Gasteiger partial charge on any atom is -0.490 e. The number of halogens is 4. The molecule has 1 nitrogen and oxygen atoms in total. The van der Waals surface area contributed by atoms with Crippen LogP contribution in [0.3, 0.4) is 0 Å². The third-order valence-electron chi connectivity index (χ3n) is 7.86. The molecule has 0 unspecified atom stereocenters. The maximum absolute atomic E-state index is 15.1. The molecule has 0 aliphatic heterocycles. The summed E-state index contributed by atoms with van der Waals surface area (Å²) >= 11 is 0. The molecule has 2 aliphatic rings. The SMILES string of the molecule is C=CCCOc1ccc(C2CCC(c3ccc(C4CCC(C)CC4)c(F)c3F)CC2)c(F)c1F. The first-order valence-corrected chi connectivity index (χ1v) is 12.6. The van der Waals surface area contributed by atoms with Crippen molar-refractivity contribution in [3.63, 3.8) is 0 Å². The quantitative estimate of drug-likeness (QED) is 0.221. The fourth-order valence-electron chi connectivity index (χ4n) is 5.72. The molecule has 2 fully saturated rings. The molecule has 34 heavy (non-hydrogen) atoms. The normalized spacial score (nSPS) is 25.2. The Balaban J connectivity index is 1.42. The fourth-order valence-corrected chi connectivity index (χ4v) is 5.72. The van der Waals surface area contributed by atoms with Gasteiger partial charge in [-0.25, -0.2) is 13.2 Å². The Morgan fingerprint density at radius 3 is 1.59 bits per heavy atom. The van der Waals surface area contributed by atoms with Gasteiger partial charge in [0.05, 0.1) is 6.61 Å². The van der Waals surface area contributed by atoms with Gasteiger partial charge in [0, 0.05) is 0 Å². The third-order valence-corrected chi connectivity index (χ3v) is 7.86. The molecular weight excluding hydrogens is 440 g/mol. The van der Waals surface area contributed by atoms with E-state index in [9.17, 15) is 8.78 Å². The maximum atomic E-state index is 15.1. The number of hydrogen-bond acceptors (Lipinski definition) is 1. The van der Waals surface area contributed by atoms with E-state index >= 15 is 8.78 Å². The molecule has 0 bridgehead atoms. The van der Waals surface area contributed by atoms with Crippen molar-refractivity contribution >= 4 is 0 Å². The van der Waals surface area contributed by atoms with Gasteiger partial charge in [0.25, 0.3) is 0 Å². The summed E-state index contributed by atoms with van der Waals surface area (Å²) in [6, 6.07) is 6.60. The lowest BCUT2D eigenvalue weighted by Crippen LogP contribution is -2.17. The first kappa shape index (κ1) is 24.8. The molecule has 4 rings (SSSR count). The van der Waals surface area contributed by atoms with Crippen LogP contribution in [0.1, 0.15) is 99.2 Å². The first-order valence-electron chi connectivity index (χ1n) is 12.6. The smallest absolute Gasteiger partial charge is 0.200 e. The highest BCUT2D eigenvalue weighted by molar-refractivity contribution is 5.35. The topological polar surface area (TPSA) is 9.23 Å². The van der Waals surface area contributed by atoms with Crippen molar-refractivity contribution in [1.82, 2.24) is 0 Å². The summed E-state index contributed by atoms with van der Waals surface area (Å²) in [6.07, 6.45) is 8.53. The van der Waals surface area contributed by atoms with E-state index in [1.54, 1.807) is 24.3 Å². The van der Waals surface area contributed by atoms with Crippen molar-refractivity contribution in [2.75, 3.05) is 6.61 Å². The van der Waals surface area contributed by atoms with Crippen LogP contribution in [0.15, 0.2) is 36.9 Å².